The number of carbonyl (C=O) groups is 1. The van der Waals surface area contributed by atoms with Gasteiger partial charge in [-0.15, -0.1) is 0 Å². The van der Waals surface area contributed by atoms with Crippen LogP contribution in [0.5, 0.6) is 0 Å². The van der Waals surface area contributed by atoms with Gasteiger partial charge in [-0.3, -0.25) is 4.79 Å². The number of halogens is 2. The number of hydrogen-bond donors (Lipinski definition) is 1. The Morgan fingerprint density at radius 1 is 1.12 bits per heavy atom. The lowest BCUT2D eigenvalue weighted by Gasteiger charge is -2.08. The summed E-state index contributed by atoms with van der Waals surface area (Å²) in [5, 5.41) is 17.0. The minimum Gasteiger partial charge on any atom is -0.313 e. The van der Waals surface area contributed by atoms with Crippen molar-refractivity contribution in [2.24, 2.45) is 0 Å². The van der Waals surface area contributed by atoms with E-state index in [4.69, 9.17) is 28.5 Å². The zero-order chi connectivity index (χ0) is 17.1. The average Bonchev–Trinajstić information content (AvgIpc) is 2.99. The minimum absolute atomic E-state index is 0.355. The Labute approximate surface area is 148 Å². The molecule has 0 bridgehead atoms. The molecule has 0 atom stereocenters. The highest BCUT2D eigenvalue weighted by atomic mass is 35.5. The molecule has 24 heavy (non-hydrogen) atoms. The third-order valence-corrected chi connectivity index (χ3v) is 3.92. The second kappa shape index (κ2) is 6.75. The molecule has 7 heteroatoms. The fourth-order valence-corrected chi connectivity index (χ4v) is 2.62. The summed E-state index contributed by atoms with van der Waals surface area (Å²) in [5.41, 5.74) is 2.49. The minimum atomic E-state index is 0.355. The van der Waals surface area contributed by atoms with Crippen molar-refractivity contribution in [2.45, 2.75) is 0 Å². The molecule has 0 aliphatic heterocycles. The molecule has 1 aromatic heterocycles. The zero-order valence-corrected chi connectivity index (χ0v) is 13.7. The van der Waals surface area contributed by atoms with Gasteiger partial charge >= 0.3 is 0 Å². The van der Waals surface area contributed by atoms with Crippen LogP contribution in [0.25, 0.3) is 16.9 Å². The van der Waals surface area contributed by atoms with Crippen molar-refractivity contribution in [3.63, 3.8) is 0 Å². The quantitative estimate of drug-likeness (QED) is 0.709. The number of nitrogens with one attached hydrogen (secondary N) is 1. The molecule has 0 aliphatic carbocycles. The van der Waals surface area contributed by atoms with Gasteiger partial charge in [0, 0.05) is 16.7 Å². The maximum Gasteiger partial charge on any atom is 0.212 e. The number of anilines is 1. The van der Waals surface area contributed by atoms with Crippen molar-refractivity contribution in [2.75, 3.05) is 5.32 Å². The largest absolute Gasteiger partial charge is 0.313 e. The summed E-state index contributed by atoms with van der Waals surface area (Å²) in [6.07, 6.45) is 0.566. The van der Waals surface area contributed by atoms with Gasteiger partial charge in [0.1, 0.15) is 5.82 Å². The molecule has 0 unspecified atom stereocenters. The maximum atomic E-state index is 10.9. The van der Waals surface area contributed by atoms with Crippen LogP contribution >= 0.6 is 23.2 Å². The van der Waals surface area contributed by atoms with Crippen LogP contribution in [0, 0.1) is 11.3 Å². The summed E-state index contributed by atoms with van der Waals surface area (Å²) >= 11 is 12.1. The van der Waals surface area contributed by atoms with Crippen LogP contribution < -0.4 is 5.32 Å². The molecular formula is C17H10Cl2N4O. The van der Waals surface area contributed by atoms with Crippen molar-refractivity contribution in [3.05, 3.63) is 64.1 Å². The smallest absolute Gasteiger partial charge is 0.212 e. The lowest BCUT2D eigenvalue weighted by Crippen LogP contribution is -2.05. The van der Waals surface area contributed by atoms with E-state index in [-0.39, 0.29) is 0 Å². The van der Waals surface area contributed by atoms with Gasteiger partial charge in [-0.1, -0.05) is 35.3 Å². The van der Waals surface area contributed by atoms with Gasteiger partial charge in [-0.2, -0.15) is 10.4 Å². The predicted molar refractivity (Wildman–Crippen MR) is 93.4 cm³/mol. The number of carbonyl (C=O) groups excluding carboxylic acids is 1. The number of rotatable bonds is 4. The van der Waals surface area contributed by atoms with E-state index in [2.05, 4.69) is 10.4 Å². The molecule has 2 aromatic carbocycles. The number of hydrogen-bond acceptors (Lipinski definition) is 3. The van der Waals surface area contributed by atoms with Crippen LogP contribution in [0.2, 0.25) is 10.0 Å². The van der Waals surface area contributed by atoms with Crippen molar-refractivity contribution in [3.8, 4) is 23.0 Å². The van der Waals surface area contributed by atoms with Crippen LogP contribution in [-0.4, -0.2) is 16.2 Å². The molecule has 1 N–H and O–H groups in total. The van der Waals surface area contributed by atoms with Crippen molar-refractivity contribution in [1.82, 2.24) is 9.78 Å². The Balaban J connectivity index is 2.12. The molecule has 5 nitrogen and oxygen atoms in total. The molecule has 118 valence electrons. The molecule has 0 spiro atoms. The van der Waals surface area contributed by atoms with E-state index >= 15 is 0 Å². The van der Waals surface area contributed by atoms with Gasteiger partial charge in [0.15, 0.2) is 0 Å². The molecule has 0 aliphatic rings. The van der Waals surface area contributed by atoms with Crippen LogP contribution in [0.1, 0.15) is 5.56 Å². The predicted octanol–water partition coefficient (Wildman–Crippen LogP) is 4.29. The lowest BCUT2D eigenvalue weighted by molar-refractivity contribution is -0.105. The highest BCUT2D eigenvalue weighted by Crippen LogP contribution is 2.29. The molecule has 1 heterocycles. The van der Waals surface area contributed by atoms with Gasteiger partial charge in [-0.25, -0.2) is 4.68 Å². The van der Waals surface area contributed by atoms with E-state index in [1.54, 1.807) is 36.4 Å². The third kappa shape index (κ3) is 3.11. The summed E-state index contributed by atoms with van der Waals surface area (Å²) in [5.74, 6) is 0.460. The van der Waals surface area contributed by atoms with E-state index in [9.17, 15) is 4.79 Å². The Hall–Kier alpha value is -2.81. The van der Waals surface area contributed by atoms with Crippen LogP contribution in [0.3, 0.4) is 0 Å². The number of aromatic nitrogens is 2. The monoisotopic (exact) mass is 356 g/mol. The molecule has 0 fully saturated rings. The molecule has 0 saturated heterocycles. The summed E-state index contributed by atoms with van der Waals surface area (Å²) in [7, 11) is 0. The first-order valence-electron chi connectivity index (χ1n) is 6.88. The number of nitrogens with zero attached hydrogens (tertiary/aromatic N) is 3. The Bertz CT molecular complexity index is 942. The van der Waals surface area contributed by atoms with Crippen LogP contribution in [-0.2, 0) is 4.79 Å². The van der Waals surface area contributed by atoms with Gasteiger partial charge in [0.05, 0.1) is 28.0 Å². The van der Waals surface area contributed by atoms with Gasteiger partial charge in [0.25, 0.3) is 0 Å². The second-order valence-corrected chi connectivity index (χ2v) is 5.72. The van der Waals surface area contributed by atoms with Gasteiger partial charge < -0.3 is 5.32 Å². The van der Waals surface area contributed by atoms with Crippen LogP contribution in [0.15, 0.2) is 48.5 Å². The first-order valence-corrected chi connectivity index (χ1v) is 7.64. The van der Waals surface area contributed by atoms with E-state index in [1.807, 2.05) is 18.2 Å². The second-order valence-electron chi connectivity index (χ2n) is 4.87. The Morgan fingerprint density at radius 3 is 2.50 bits per heavy atom. The number of amides is 1. The van der Waals surface area contributed by atoms with E-state index in [0.717, 1.165) is 5.56 Å². The average molecular weight is 357 g/mol. The zero-order valence-electron chi connectivity index (χ0n) is 12.2. The Morgan fingerprint density at radius 2 is 1.88 bits per heavy atom. The topological polar surface area (TPSA) is 70.7 Å². The summed E-state index contributed by atoms with van der Waals surface area (Å²) in [4.78, 5) is 10.9. The van der Waals surface area contributed by atoms with Crippen LogP contribution in [0.4, 0.5) is 5.82 Å². The fraction of sp³-hybridized carbons (Fsp3) is 0. The van der Waals surface area contributed by atoms with Gasteiger partial charge in [-0.05, 0) is 30.3 Å². The molecular weight excluding hydrogens is 347 g/mol. The van der Waals surface area contributed by atoms with Crippen molar-refractivity contribution < 1.29 is 4.79 Å². The molecule has 3 aromatic rings. The first-order chi connectivity index (χ1) is 11.6. The molecule has 1 amide bonds. The van der Waals surface area contributed by atoms with E-state index in [1.165, 1.54) is 4.68 Å². The fourth-order valence-electron chi connectivity index (χ4n) is 2.24. The van der Waals surface area contributed by atoms with Crippen molar-refractivity contribution >= 4 is 35.4 Å². The van der Waals surface area contributed by atoms with Gasteiger partial charge in [0.2, 0.25) is 6.41 Å². The van der Waals surface area contributed by atoms with Crippen molar-refractivity contribution in [1.29, 1.82) is 5.26 Å². The summed E-state index contributed by atoms with van der Waals surface area (Å²) in [6, 6.07) is 15.8. The maximum absolute atomic E-state index is 10.9. The van der Waals surface area contributed by atoms with E-state index in [0.29, 0.717) is 39.2 Å². The molecule has 3 rings (SSSR count). The lowest BCUT2D eigenvalue weighted by atomic mass is 10.1. The molecule has 0 radical (unpaired) electrons. The highest BCUT2D eigenvalue weighted by molar-refractivity contribution is 6.32. The normalized spacial score (nSPS) is 10.2. The first kappa shape index (κ1) is 16.1. The highest BCUT2D eigenvalue weighted by Gasteiger charge is 2.14. The number of benzene rings is 2. The standard InChI is InChI=1S/C17H10Cl2N4O/c18-13-4-2-12(3-5-13)15-8-17(21-10-24)23(22-15)16-6-1-11(9-20)7-14(16)19/h1-8,10H,(H,21,24). The number of nitriles is 1. The Kier molecular flexibility index (Phi) is 4.52. The summed E-state index contributed by atoms with van der Waals surface area (Å²) in [6.45, 7) is 0. The third-order valence-electron chi connectivity index (χ3n) is 3.36. The SMILES string of the molecule is N#Cc1ccc(-n2nc(-c3ccc(Cl)cc3)cc2NC=O)c(Cl)c1. The molecule has 0 saturated carbocycles. The summed E-state index contributed by atoms with van der Waals surface area (Å²) < 4.78 is 1.52. The van der Waals surface area contributed by atoms with E-state index < -0.39 is 0 Å².